The molecule has 0 saturated carbocycles. The number of hydrogen-bond acceptors (Lipinski definition) is 8. The molecule has 1 N–H and O–H groups in total. The van der Waals surface area contributed by atoms with Crippen molar-refractivity contribution in [3.8, 4) is 11.5 Å². The second-order valence-corrected chi connectivity index (χ2v) is 8.37. The van der Waals surface area contributed by atoms with Crippen molar-refractivity contribution >= 4 is 23.5 Å². The summed E-state index contributed by atoms with van der Waals surface area (Å²) in [5.74, 6) is 3.65. The lowest BCUT2D eigenvalue weighted by molar-refractivity contribution is 0.0927. The molecule has 0 bridgehead atoms. The highest BCUT2D eigenvalue weighted by atomic mass is 32.2. The molecular weight excluding hydrogens is 440 g/mol. The molecule has 1 amide bonds. The Kier molecular flexibility index (Phi) is 8.59. The van der Waals surface area contributed by atoms with E-state index in [0.29, 0.717) is 29.0 Å². The fourth-order valence-electron chi connectivity index (χ4n) is 3.19. The maximum Gasteiger partial charge on any atom is 0.286 e. The van der Waals surface area contributed by atoms with E-state index in [0.717, 1.165) is 41.5 Å². The van der Waals surface area contributed by atoms with Gasteiger partial charge >= 0.3 is 0 Å². The Morgan fingerprint density at radius 1 is 1.12 bits per heavy atom. The first-order valence-electron chi connectivity index (χ1n) is 10.7. The third-order valence-electron chi connectivity index (χ3n) is 4.96. The highest BCUT2D eigenvalue weighted by molar-refractivity contribution is 7.98. The van der Waals surface area contributed by atoms with Gasteiger partial charge in [-0.1, -0.05) is 17.8 Å². The second-order valence-electron chi connectivity index (χ2n) is 7.43. The van der Waals surface area contributed by atoms with Crippen molar-refractivity contribution in [3.63, 3.8) is 0 Å². The van der Waals surface area contributed by atoms with Gasteiger partial charge in [-0.05, 0) is 50.1 Å². The van der Waals surface area contributed by atoms with Crippen LogP contribution in [0, 0.1) is 6.92 Å². The van der Waals surface area contributed by atoms with Crippen molar-refractivity contribution in [2.45, 2.75) is 31.2 Å². The Labute approximate surface area is 198 Å². The molecule has 3 aromatic rings. The number of methoxy groups -OCH3 is 2. The average Bonchev–Trinajstić information content (AvgIpc) is 3.30. The van der Waals surface area contributed by atoms with Gasteiger partial charge in [0.25, 0.3) is 5.91 Å². The number of carbonyl (C=O) groups excluding carboxylic acids is 1. The minimum absolute atomic E-state index is 0.209. The Morgan fingerprint density at radius 2 is 1.91 bits per heavy atom. The number of carbonyl (C=O) groups is 1. The molecule has 9 heteroatoms. The minimum atomic E-state index is -0.209. The van der Waals surface area contributed by atoms with Gasteiger partial charge in [0.15, 0.2) is 22.4 Å². The van der Waals surface area contributed by atoms with Crippen molar-refractivity contribution in [2.24, 2.45) is 0 Å². The number of aryl methyl sites for hydroxylation is 1. The highest BCUT2D eigenvalue weighted by Gasteiger charge is 2.13. The number of aromatic nitrogens is 2. The third-order valence-corrected chi connectivity index (χ3v) is 5.83. The van der Waals surface area contributed by atoms with Gasteiger partial charge in [0.2, 0.25) is 0 Å². The Hall–Kier alpha value is -3.20. The van der Waals surface area contributed by atoms with Gasteiger partial charge in [-0.2, -0.15) is 0 Å². The number of anilines is 1. The summed E-state index contributed by atoms with van der Waals surface area (Å²) < 4.78 is 16.3. The van der Waals surface area contributed by atoms with Crippen LogP contribution in [0.15, 0.2) is 46.0 Å². The van der Waals surface area contributed by atoms with Gasteiger partial charge in [-0.25, -0.2) is 9.97 Å². The molecule has 0 radical (unpaired) electrons. The number of furan rings is 1. The monoisotopic (exact) mass is 470 g/mol. The molecule has 0 aliphatic heterocycles. The normalized spacial score (nSPS) is 10.7. The number of amides is 1. The smallest absolute Gasteiger partial charge is 0.286 e. The van der Waals surface area contributed by atoms with E-state index in [1.165, 1.54) is 11.8 Å². The number of ether oxygens (including phenoxy) is 2. The van der Waals surface area contributed by atoms with Crippen LogP contribution in [-0.2, 0) is 12.2 Å². The predicted octanol–water partition coefficient (Wildman–Crippen LogP) is 4.12. The number of rotatable bonds is 11. The molecule has 176 valence electrons. The van der Waals surface area contributed by atoms with Crippen LogP contribution < -0.4 is 19.7 Å². The number of likely N-dealkylation sites (N-methyl/N-ethyl adjacent to an activating group) is 1. The number of hydrogen-bond donors (Lipinski definition) is 1. The fourth-order valence-corrected chi connectivity index (χ4v) is 3.99. The third kappa shape index (κ3) is 6.64. The summed E-state index contributed by atoms with van der Waals surface area (Å²) in [6, 6.07) is 11.4. The van der Waals surface area contributed by atoms with E-state index in [2.05, 4.69) is 15.2 Å². The van der Waals surface area contributed by atoms with E-state index < -0.39 is 0 Å². The van der Waals surface area contributed by atoms with Crippen molar-refractivity contribution in [3.05, 3.63) is 59.2 Å². The average molecular weight is 471 g/mol. The lowest BCUT2D eigenvalue weighted by atomic mass is 10.1. The van der Waals surface area contributed by atoms with Crippen LogP contribution in [0.5, 0.6) is 11.5 Å². The molecule has 0 fully saturated rings. The highest BCUT2D eigenvalue weighted by Crippen LogP contribution is 2.28. The van der Waals surface area contributed by atoms with Crippen LogP contribution in [0.3, 0.4) is 0 Å². The van der Waals surface area contributed by atoms with E-state index in [1.54, 1.807) is 20.3 Å². The number of benzene rings is 1. The first kappa shape index (κ1) is 24.4. The molecule has 0 spiro atoms. The standard InChI is InChI=1S/C24H30N4O4S/c1-6-25-23(29)20-10-8-18(32-20)15-33-24-26-16(2)13-22(27-24)28(3)12-11-17-7-9-19(30-4)21(14-17)31-5/h7-10,13-14H,6,11-12,15H2,1-5H3,(H,25,29). The van der Waals surface area contributed by atoms with Gasteiger partial charge < -0.3 is 24.1 Å². The quantitative estimate of drug-likeness (QED) is 0.331. The van der Waals surface area contributed by atoms with Gasteiger partial charge in [-0.3, -0.25) is 4.79 Å². The van der Waals surface area contributed by atoms with Crippen molar-refractivity contribution < 1.29 is 18.7 Å². The molecule has 1 aromatic carbocycles. The number of nitrogens with zero attached hydrogens (tertiary/aromatic N) is 3. The van der Waals surface area contributed by atoms with Gasteiger partial charge in [0.05, 0.1) is 20.0 Å². The summed E-state index contributed by atoms with van der Waals surface area (Å²) in [5.41, 5.74) is 2.04. The number of thioether (sulfide) groups is 1. The summed E-state index contributed by atoms with van der Waals surface area (Å²) >= 11 is 1.48. The van der Waals surface area contributed by atoms with E-state index in [-0.39, 0.29) is 5.91 Å². The molecule has 0 unspecified atom stereocenters. The first-order valence-corrected chi connectivity index (χ1v) is 11.7. The van der Waals surface area contributed by atoms with Gasteiger partial charge in [0, 0.05) is 31.9 Å². The molecule has 0 saturated heterocycles. The fraction of sp³-hybridized carbons (Fsp3) is 0.375. The van der Waals surface area contributed by atoms with E-state index >= 15 is 0 Å². The molecule has 3 rings (SSSR count). The van der Waals surface area contributed by atoms with Crippen LogP contribution in [-0.4, -0.2) is 50.2 Å². The van der Waals surface area contributed by atoms with Gasteiger partial charge in [0.1, 0.15) is 11.6 Å². The Morgan fingerprint density at radius 3 is 2.64 bits per heavy atom. The molecule has 2 aromatic heterocycles. The summed E-state index contributed by atoms with van der Waals surface area (Å²) in [7, 11) is 5.29. The minimum Gasteiger partial charge on any atom is -0.493 e. The van der Waals surface area contributed by atoms with Crippen molar-refractivity contribution in [1.29, 1.82) is 0 Å². The molecule has 33 heavy (non-hydrogen) atoms. The molecule has 8 nitrogen and oxygen atoms in total. The lowest BCUT2D eigenvalue weighted by Gasteiger charge is -2.19. The maximum atomic E-state index is 11.9. The predicted molar refractivity (Wildman–Crippen MR) is 130 cm³/mol. The molecular formula is C24H30N4O4S. The topological polar surface area (TPSA) is 89.7 Å². The summed E-state index contributed by atoms with van der Waals surface area (Å²) in [5, 5.41) is 3.39. The molecule has 0 aliphatic rings. The van der Waals surface area contributed by atoms with Gasteiger partial charge in [-0.15, -0.1) is 0 Å². The summed E-state index contributed by atoms with van der Waals surface area (Å²) in [6.45, 7) is 5.17. The Balaban J connectivity index is 1.61. The van der Waals surface area contributed by atoms with E-state index in [4.69, 9.17) is 18.9 Å². The van der Waals surface area contributed by atoms with Crippen LogP contribution >= 0.6 is 11.8 Å². The zero-order valence-electron chi connectivity index (χ0n) is 19.7. The van der Waals surface area contributed by atoms with Crippen LogP contribution in [0.2, 0.25) is 0 Å². The SMILES string of the molecule is CCNC(=O)c1ccc(CSc2nc(C)cc(N(C)CCc3ccc(OC)c(OC)c3)n2)o1. The van der Waals surface area contributed by atoms with Crippen molar-refractivity contribution in [2.75, 3.05) is 39.3 Å². The lowest BCUT2D eigenvalue weighted by Crippen LogP contribution is -2.22. The van der Waals surface area contributed by atoms with E-state index in [9.17, 15) is 4.79 Å². The van der Waals surface area contributed by atoms with Crippen LogP contribution in [0.25, 0.3) is 0 Å². The molecule has 0 aliphatic carbocycles. The number of nitrogens with one attached hydrogen (secondary N) is 1. The van der Waals surface area contributed by atoms with E-state index in [1.807, 2.05) is 51.2 Å². The second kappa shape index (κ2) is 11.6. The largest absolute Gasteiger partial charge is 0.493 e. The molecule has 2 heterocycles. The zero-order valence-corrected chi connectivity index (χ0v) is 20.5. The van der Waals surface area contributed by atoms with Crippen LogP contribution in [0.4, 0.5) is 5.82 Å². The zero-order chi connectivity index (χ0) is 23.8. The van der Waals surface area contributed by atoms with Crippen molar-refractivity contribution in [1.82, 2.24) is 15.3 Å². The Bertz CT molecular complexity index is 1090. The van der Waals surface area contributed by atoms with Crippen LogP contribution in [0.1, 0.15) is 34.5 Å². The summed E-state index contributed by atoms with van der Waals surface area (Å²) in [4.78, 5) is 23.2. The maximum absolute atomic E-state index is 11.9. The summed E-state index contributed by atoms with van der Waals surface area (Å²) in [6.07, 6.45) is 0.831. The molecule has 0 atom stereocenters. The first-order chi connectivity index (χ1) is 15.9.